The van der Waals surface area contributed by atoms with Crippen LogP contribution in [0.3, 0.4) is 0 Å². The van der Waals surface area contributed by atoms with Gasteiger partial charge in [-0.2, -0.15) is 0 Å². The van der Waals surface area contributed by atoms with E-state index in [1.165, 1.54) is 15.0 Å². The summed E-state index contributed by atoms with van der Waals surface area (Å²) in [6.45, 7) is 3.81. The number of hydrogen-bond acceptors (Lipinski definition) is 3. The summed E-state index contributed by atoms with van der Waals surface area (Å²) in [6.07, 6.45) is 3.91. The normalized spacial score (nSPS) is 10.6. The number of amidine groups is 1. The summed E-state index contributed by atoms with van der Waals surface area (Å²) < 4.78 is 1.17. The topological polar surface area (TPSA) is 49.9 Å². The highest BCUT2D eigenvalue weighted by molar-refractivity contribution is 7.99. The number of thioether (sulfide) groups is 1. The lowest BCUT2D eigenvalue weighted by atomic mass is 10.1. The zero-order valence-corrected chi connectivity index (χ0v) is 10.5. The highest BCUT2D eigenvalue weighted by Crippen LogP contribution is 2.35. The van der Waals surface area contributed by atoms with Gasteiger partial charge in [0.25, 0.3) is 0 Å². The van der Waals surface area contributed by atoms with Crippen molar-refractivity contribution >= 4 is 45.1 Å². The van der Waals surface area contributed by atoms with Gasteiger partial charge in [-0.1, -0.05) is 18.7 Å². The van der Waals surface area contributed by atoms with E-state index in [-0.39, 0.29) is 5.84 Å². The van der Waals surface area contributed by atoms with Crippen LogP contribution in [0.1, 0.15) is 10.4 Å². The second kappa shape index (κ2) is 4.31. The molecule has 1 aromatic carbocycles. The van der Waals surface area contributed by atoms with Crippen LogP contribution in [0.5, 0.6) is 0 Å². The summed E-state index contributed by atoms with van der Waals surface area (Å²) in [5.41, 5.74) is 6.64. The van der Waals surface area contributed by atoms with E-state index in [0.29, 0.717) is 0 Å². The molecule has 0 aliphatic carbocycles. The van der Waals surface area contributed by atoms with Crippen LogP contribution in [-0.2, 0) is 0 Å². The Kier molecular flexibility index (Phi) is 3.03. The van der Waals surface area contributed by atoms with Gasteiger partial charge < -0.3 is 5.73 Å². The summed E-state index contributed by atoms with van der Waals surface area (Å²) in [6, 6.07) is 6.10. The highest BCUT2D eigenvalue weighted by Gasteiger charge is 2.09. The molecule has 2 rings (SSSR count). The molecule has 0 saturated carbocycles. The van der Waals surface area contributed by atoms with E-state index in [4.69, 9.17) is 11.1 Å². The average Bonchev–Trinajstić information content (AvgIpc) is 2.71. The SMILES string of the molecule is C=Cc1ccc2sc(C(=N)N)cc2c1SC. The van der Waals surface area contributed by atoms with Crippen LogP contribution in [0, 0.1) is 5.41 Å². The molecule has 0 aliphatic rings. The quantitative estimate of drug-likeness (QED) is 0.496. The molecule has 16 heavy (non-hydrogen) atoms. The van der Waals surface area contributed by atoms with E-state index in [0.717, 1.165) is 10.4 Å². The fourth-order valence-corrected chi connectivity index (χ4v) is 3.40. The molecule has 0 atom stereocenters. The van der Waals surface area contributed by atoms with E-state index in [1.54, 1.807) is 23.1 Å². The molecular weight excluding hydrogens is 236 g/mol. The van der Waals surface area contributed by atoms with Crippen LogP contribution in [0.25, 0.3) is 16.2 Å². The molecule has 0 bridgehead atoms. The maximum atomic E-state index is 7.46. The zero-order chi connectivity index (χ0) is 11.7. The largest absolute Gasteiger partial charge is 0.383 e. The smallest absolute Gasteiger partial charge is 0.133 e. The number of hydrogen-bond donors (Lipinski definition) is 2. The molecule has 0 saturated heterocycles. The highest BCUT2D eigenvalue weighted by atomic mass is 32.2. The van der Waals surface area contributed by atoms with Crippen molar-refractivity contribution in [1.82, 2.24) is 0 Å². The molecule has 1 heterocycles. The first-order valence-electron chi connectivity index (χ1n) is 4.74. The molecule has 0 amide bonds. The Morgan fingerprint density at radius 1 is 1.56 bits per heavy atom. The molecule has 3 N–H and O–H groups in total. The van der Waals surface area contributed by atoms with Crippen LogP contribution in [0.15, 0.2) is 29.7 Å². The molecule has 0 spiro atoms. The number of nitrogens with two attached hydrogens (primary N) is 1. The second-order valence-electron chi connectivity index (χ2n) is 3.33. The van der Waals surface area contributed by atoms with Gasteiger partial charge in [-0.25, -0.2) is 0 Å². The number of rotatable bonds is 3. The Morgan fingerprint density at radius 2 is 2.31 bits per heavy atom. The predicted octanol–water partition coefficient (Wildman–Crippen LogP) is 3.55. The lowest BCUT2D eigenvalue weighted by Gasteiger charge is -2.03. The second-order valence-corrected chi connectivity index (χ2v) is 5.23. The molecule has 4 heteroatoms. The summed E-state index contributed by atoms with van der Waals surface area (Å²) in [5, 5.41) is 8.62. The Bertz CT molecular complexity index is 570. The molecule has 0 unspecified atom stereocenters. The lowest BCUT2D eigenvalue weighted by molar-refractivity contribution is 1.45. The van der Waals surface area contributed by atoms with Crippen LogP contribution in [0.2, 0.25) is 0 Å². The summed E-state index contributed by atoms with van der Waals surface area (Å²) in [7, 11) is 0. The molecule has 0 aliphatic heterocycles. The van der Waals surface area contributed by atoms with Crippen molar-refractivity contribution in [2.45, 2.75) is 4.90 Å². The van der Waals surface area contributed by atoms with Gasteiger partial charge in [0.15, 0.2) is 0 Å². The molecule has 2 nitrogen and oxygen atoms in total. The zero-order valence-electron chi connectivity index (χ0n) is 8.91. The first-order chi connectivity index (χ1) is 7.67. The molecule has 0 fully saturated rings. The first kappa shape index (κ1) is 11.2. The van der Waals surface area contributed by atoms with Crippen LogP contribution < -0.4 is 5.73 Å². The van der Waals surface area contributed by atoms with Crippen LogP contribution in [0.4, 0.5) is 0 Å². The summed E-state index contributed by atoms with van der Waals surface area (Å²) in [5.74, 6) is 0.133. The van der Waals surface area contributed by atoms with Gasteiger partial charge in [-0.05, 0) is 24.0 Å². The summed E-state index contributed by atoms with van der Waals surface area (Å²) in [4.78, 5) is 2.03. The van der Waals surface area contributed by atoms with Crippen molar-refractivity contribution < 1.29 is 0 Å². The molecule has 2 aromatic rings. The number of nitrogens with one attached hydrogen (secondary N) is 1. The number of nitrogen functional groups attached to an aromatic ring is 1. The third kappa shape index (κ3) is 1.74. The average molecular weight is 248 g/mol. The lowest BCUT2D eigenvalue weighted by Crippen LogP contribution is -2.08. The fourth-order valence-electron chi connectivity index (χ4n) is 1.62. The fraction of sp³-hybridized carbons (Fsp3) is 0.0833. The van der Waals surface area contributed by atoms with Crippen molar-refractivity contribution in [3.05, 3.63) is 35.2 Å². The monoisotopic (exact) mass is 248 g/mol. The van der Waals surface area contributed by atoms with E-state index in [2.05, 4.69) is 18.7 Å². The number of thiophene rings is 1. The Balaban J connectivity index is 2.76. The third-order valence-corrected chi connectivity index (χ3v) is 4.37. The number of fused-ring (bicyclic) bond motifs is 1. The minimum absolute atomic E-state index is 0.133. The Labute approximate surface area is 103 Å². The molecule has 82 valence electrons. The van der Waals surface area contributed by atoms with Crippen molar-refractivity contribution in [1.29, 1.82) is 5.41 Å². The van der Waals surface area contributed by atoms with E-state index < -0.39 is 0 Å². The van der Waals surface area contributed by atoms with Gasteiger partial charge >= 0.3 is 0 Å². The standard InChI is InChI=1S/C12H12N2S2/c1-3-7-4-5-9-8(11(7)15-2)6-10(16-9)12(13)14/h3-6H,1H2,2H3,(H3,13,14). The van der Waals surface area contributed by atoms with Crippen LogP contribution >= 0.6 is 23.1 Å². The number of benzene rings is 1. The van der Waals surface area contributed by atoms with Gasteiger partial charge in [0.05, 0.1) is 4.88 Å². The molecule has 1 aromatic heterocycles. The predicted molar refractivity (Wildman–Crippen MR) is 74.7 cm³/mol. The Hall–Kier alpha value is -1.26. The maximum absolute atomic E-state index is 7.46. The van der Waals surface area contributed by atoms with Gasteiger partial charge in [-0.15, -0.1) is 23.1 Å². The minimum Gasteiger partial charge on any atom is -0.383 e. The van der Waals surface area contributed by atoms with Crippen molar-refractivity contribution in [2.24, 2.45) is 5.73 Å². The van der Waals surface area contributed by atoms with Crippen molar-refractivity contribution in [3.8, 4) is 0 Å². The molecule has 0 radical (unpaired) electrons. The Morgan fingerprint density at radius 3 is 2.88 bits per heavy atom. The van der Waals surface area contributed by atoms with E-state index >= 15 is 0 Å². The van der Waals surface area contributed by atoms with Gasteiger partial charge in [-0.3, -0.25) is 5.41 Å². The molecular formula is C12H12N2S2. The first-order valence-corrected chi connectivity index (χ1v) is 6.79. The van der Waals surface area contributed by atoms with Gasteiger partial charge in [0.1, 0.15) is 5.84 Å². The van der Waals surface area contributed by atoms with Gasteiger partial charge in [0.2, 0.25) is 0 Å². The minimum atomic E-state index is 0.133. The van der Waals surface area contributed by atoms with E-state index in [1.807, 2.05) is 18.4 Å². The third-order valence-electron chi connectivity index (χ3n) is 2.37. The van der Waals surface area contributed by atoms with Gasteiger partial charge in [0, 0.05) is 15.0 Å². The maximum Gasteiger partial charge on any atom is 0.133 e. The van der Waals surface area contributed by atoms with Crippen LogP contribution in [-0.4, -0.2) is 12.1 Å². The summed E-state index contributed by atoms with van der Waals surface area (Å²) >= 11 is 3.26. The van der Waals surface area contributed by atoms with Crippen molar-refractivity contribution in [2.75, 3.05) is 6.26 Å². The van der Waals surface area contributed by atoms with Crippen molar-refractivity contribution in [3.63, 3.8) is 0 Å². The van der Waals surface area contributed by atoms with E-state index in [9.17, 15) is 0 Å².